The van der Waals surface area contributed by atoms with Crippen LogP contribution in [0.15, 0.2) is 24.3 Å². The number of imidazole rings is 1. The van der Waals surface area contributed by atoms with Crippen LogP contribution in [0.1, 0.15) is 49.0 Å². The molecule has 6 rings (SSSR count). The molecule has 0 spiro atoms. The van der Waals surface area contributed by atoms with Gasteiger partial charge in [0.05, 0.1) is 16.6 Å². The lowest BCUT2D eigenvalue weighted by molar-refractivity contribution is -0.121. The van der Waals surface area contributed by atoms with Gasteiger partial charge in [-0.25, -0.2) is 4.98 Å². The molecule has 2 N–H and O–H groups in total. The van der Waals surface area contributed by atoms with Crippen molar-refractivity contribution in [1.82, 2.24) is 9.97 Å². The lowest BCUT2D eigenvalue weighted by Crippen LogP contribution is -2.27. The highest BCUT2D eigenvalue weighted by Crippen LogP contribution is 2.49. The quantitative estimate of drug-likeness (QED) is 0.615. The summed E-state index contributed by atoms with van der Waals surface area (Å²) in [5, 5.41) is 4.37. The minimum Gasteiger partial charge on any atom is -0.338 e. The standard InChI is InChI=1S/C23H25N3OS/c27-22(16-12-13-9-10-14(16)11-13)26-23-20(15-5-1-4-8-19(15)28-23)21-24-17-6-2-3-7-18(17)25-21/h2-3,6-7,13-14,16H,1,4-5,8-12H2,(H,24,25)(H,26,27). The Hall–Kier alpha value is -2.14. The molecule has 3 unspecified atom stereocenters. The van der Waals surface area contributed by atoms with Crippen LogP contribution < -0.4 is 5.32 Å². The predicted octanol–water partition coefficient (Wildman–Crippen LogP) is 5.54. The van der Waals surface area contributed by atoms with E-state index in [1.807, 2.05) is 18.2 Å². The SMILES string of the molecule is O=C(Nc1sc2c(c1-c1nc3ccccc3[nH]1)CCCC2)C1CC2CCC1C2. The van der Waals surface area contributed by atoms with Gasteiger partial charge in [0.1, 0.15) is 10.8 Å². The maximum absolute atomic E-state index is 13.1. The number of fused-ring (bicyclic) bond motifs is 4. The van der Waals surface area contributed by atoms with E-state index in [4.69, 9.17) is 4.98 Å². The highest BCUT2D eigenvalue weighted by atomic mass is 32.1. The molecule has 1 amide bonds. The minimum atomic E-state index is 0.210. The molecule has 5 heteroatoms. The number of nitrogens with zero attached hydrogens (tertiary/aromatic N) is 1. The number of carbonyl (C=O) groups is 1. The molecule has 144 valence electrons. The minimum absolute atomic E-state index is 0.210. The van der Waals surface area contributed by atoms with Crippen LogP contribution in [0.3, 0.4) is 0 Å². The van der Waals surface area contributed by atoms with Crippen LogP contribution in [0.5, 0.6) is 0 Å². The second-order valence-electron chi connectivity index (χ2n) is 8.79. The Labute approximate surface area is 168 Å². The summed E-state index contributed by atoms with van der Waals surface area (Å²) in [5.74, 6) is 2.75. The van der Waals surface area contributed by atoms with E-state index >= 15 is 0 Å². The average Bonchev–Trinajstić information content (AvgIpc) is 3.48. The van der Waals surface area contributed by atoms with Crippen molar-refractivity contribution in [3.63, 3.8) is 0 Å². The molecule has 2 saturated carbocycles. The van der Waals surface area contributed by atoms with Gasteiger partial charge >= 0.3 is 0 Å². The van der Waals surface area contributed by atoms with Crippen LogP contribution in [0.25, 0.3) is 22.4 Å². The smallest absolute Gasteiger partial charge is 0.228 e. The first-order valence-corrected chi connectivity index (χ1v) is 11.5. The van der Waals surface area contributed by atoms with E-state index < -0.39 is 0 Å². The van der Waals surface area contributed by atoms with E-state index in [2.05, 4.69) is 16.4 Å². The summed E-state index contributed by atoms with van der Waals surface area (Å²) < 4.78 is 0. The van der Waals surface area contributed by atoms with Crippen LogP contribution in [-0.2, 0) is 17.6 Å². The first kappa shape index (κ1) is 16.8. The Kier molecular flexibility index (Phi) is 3.86. The summed E-state index contributed by atoms with van der Waals surface area (Å²) in [5.41, 5.74) is 4.59. The highest BCUT2D eigenvalue weighted by Gasteiger charge is 2.43. The summed E-state index contributed by atoms with van der Waals surface area (Å²) in [7, 11) is 0. The van der Waals surface area contributed by atoms with Crippen LogP contribution in [0, 0.1) is 17.8 Å². The molecule has 28 heavy (non-hydrogen) atoms. The van der Waals surface area contributed by atoms with Gasteiger partial charge in [-0.15, -0.1) is 11.3 Å². The van der Waals surface area contributed by atoms with Gasteiger partial charge in [0, 0.05) is 10.8 Å². The fourth-order valence-corrected chi connectivity index (χ4v) is 7.04. The lowest BCUT2D eigenvalue weighted by Gasteiger charge is -2.20. The fourth-order valence-electron chi connectivity index (χ4n) is 5.75. The zero-order valence-corrected chi connectivity index (χ0v) is 16.8. The predicted molar refractivity (Wildman–Crippen MR) is 114 cm³/mol. The molecular weight excluding hydrogens is 366 g/mol. The maximum Gasteiger partial charge on any atom is 0.228 e. The molecule has 3 aliphatic rings. The number of hydrogen-bond acceptors (Lipinski definition) is 3. The molecule has 0 saturated heterocycles. The van der Waals surface area contributed by atoms with E-state index in [0.717, 1.165) is 52.6 Å². The molecule has 1 aromatic carbocycles. The van der Waals surface area contributed by atoms with Gasteiger partial charge in [0.25, 0.3) is 0 Å². The van der Waals surface area contributed by atoms with E-state index in [-0.39, 0.29) is 11.8 Å². The number of amides is 1. The number of H-pyrrole nitrogens is 1. The van der Waals surface area contributed by atoms with Crippen LogP contribution >= 0.6 is 11.3 Å². The molecule has 0 radical (unpaired) electrons. The van der Waals surface area contributed by atoms with Crippen molar-refractivity contribution in [3.8, 4) is 11.4 Å². The zero-order valence-electron chi connectivity index (χ0n) is 16.0. The number of benzene rings is 1. The van der Waals surface area contributed by atoms with E-state index in [1.165, 1.54) is 42.5 Å². The van der Waals surface area contributed by atoms with Gasteiger partial charge in [-0.05, 0) is 74.5 Å². The van der Waals surface area contributed by atoms with Crippen molar-refractivity contribution in [1.29, 1.82) is 0 Å². The lowest BCUT2D eigenvalue weighted by atomic mass is 9.88. The molecular formula is C23H25N3OS. The van der Waals surface area contributed by atoms with Crippen molar-refractivity contribution in [2.45, 2.75) is 51.4 Å². The third kappa shape index (κ3) is 2.63. The Bertz CT molecular complexity index is 1030. The average molecular weight is 392 g/mol. The van der Waals surface area contributed by atoms with Gasteiger partial charge in [0.15, 0.2) is 0 Å². The first-order valence-electron chi connectivity index (χ1n) is 10.7. The van der Waals surface area contributed by atoms with E-state index in [1.54, 1.807) is 11.3 Å². The second-order valence-corrected chi connectivity index (χ2v) is 9.89. The van der Waals surface area contributed by atoms with Crippen molar-refractivity contribution >= 4 is 33.3 Å². The molecule has 3 aliphatic carbocycles. The molecule has 3 aromatic rings. The van der Waals surface area contributed by atoms with Gasteiger partial charge in [-0.2, -0.15) is 0 Å². The Balaban J connectivity index is 1.39. The van der Waals surface area contributed by atoms with Crippen LogP contribution in [0.4, 0.5) is 5.00 Å². The number of rotatable bonds is 3. The van der Waals surface area contributed by atoms with Gasteiger partial charge in [0.2, 0.25) is 5.91 Å². The summed E-state index contributed by atoms with van der Waals surface area (Å²) in [6, 6.07) is 8.17. The number of nitrogens with one attached hydrogen (secondary N) is 2. The summed E-state index contributed by atoms with van der Waals surface area (Å²) in [6.45, 7) is 0. The fraction of sp³-hybridized carbons (Fsp3) is 0.478. The third-order valence-corrected chi connectivity index (χ3v) is 8.32. The molecule has 2 aromatic heterocycles. The molecule has 2 bridgehead atoms. The van der Waals surface area contributed by atoms with Gasteiger partial charge in [-0.1, -0.05) is 18.6 Å². The summed E-state index contributed by atoms with van der Waals surface area (Å²) in [6.07, 6.45) is 9.58. The van der Waals surface area contributed by atoms with Crippen molar-refractivity contribution in [2.75, 3.05) is 5.32 Å². The number of para-hydroxylation sites is 2. The second kappa shape index (κ2) is 6.45. The van der Waals surface area contributed by atoms with Crippen molar-refractivity contribution in [3.05, 3.63) is 34.7 Å². The first-order chi connectivity index (χ1) is 13.8. The zero-order chi connectivity index (χ0) is 18.7. The van der Waals surface area contributed by atoms with Crippen LogP contribution in [-0.4, -0.2) is 15.9 Å². The van der Waals surface area contributed by atoms with Crippen LogP contribution in [0.2, 0.25) is 0 Å². The Morgan fingerprint density at radius 2 is 2.04 bits per heavy atom. The normalized spacial score (nSPS) is 25.9. The topological polar surface area (TPSA) is 57.8 Å². The van der Waals surface area contributed by atoms with Gasteiger partial charge < -0.3 is 10.3 Å². The molecule has 3 atom stereocenters. The highest BCUT2D eigenvalue weighted by molar-refractivity contribution is 7.17. The maximum atomic E-state index is 13.1. The van der Waals surface area contributed by atoms with Crippen molar-refractivity contribution in [2.24, 2.45) is 17.8 Å². The Morgan fingerprint density at radius 1 is 1.14 bits per heavy atom. The number of aromatic nitrogens is 2. The number of aromatic amines is 1. The molecule has 4 nitrogen and oxygen atoms in total. The number of anilines is 1. The molecule has 2 heterocycles. The number of hydrogen-bond donors (Lipinski definition) is 2. The third-order valence-electron chi connectivity index (χ3n) is 7.11. The summed E-state index contributed by atoms with van der Waals surface area (Å²) in [4.78, 5) is 22.9. The molecule has 0 aliphatic heterocycles. The molecule has 2 fully saturated rings. The van der Waals surface area contributed by atoms with Crippen molar-refractivity contribution < 1.29 is 4.79 Å². The number of thiophene rings is 1. The Morgan fingerprint density at radius 3 is 2.86 bits per heavy atom. The monoisotopic (exact) mass is 391 g/mol. The van der Waals surface area contributed by atoms with Gasteiger partial charge in [-0.3, -0.25) is 4.79 Å². The number of aryl methyl sites for hydroxylation is 1. The van der Waals surface area contributed by atoms with E-state index in [0.29, 0.717) is 5.92 Å². The number of carbonyl (C=O) groups excluding carboxylic acids is 1. The van der Waals surface area contributed by atoms with E-state index in [9.17, 15) is 4.79 Å². The summed E-state index contributed by atoms with van der Waals surface area (Å²) >= 11 is 1.78. The largest absolute Gasteiger partial charge is 0.338 e.